The van der Waals surface area contributed by atoms with Crippen LogP contribution in [0, 0.1) is 13.8 Å². The molecule has 0 fully saturated rings. The molecule has 0 N–H and O–H groups in total. The number of hydrogen-bond acceptors (Lipinski definition) is 2. The summed E-state index contributed by atoms with van der Waals surface area (Å²) in [7, 11) is 0. The number of hydrogen-bond donors (Lipinski definition) is 0. The van der Waals surface area contributed by atoms with Crippen molar-refractivity contribution in [1.82, 2.24) is 9.55 Å². The number of thiophene rings is 1. The Morgan fingerprint density at radius 2 is 2.06 bits per heavy atom. The Bertz CT molecular complexity index is 712. The van der Waals surface area contributed by atoms with E-state index in [4.69, 9.17) is 0 Å². The summed E-state index contributed by atoms with van der Waals surface area (Å²) < 4.78 is 3.39. The minimum atomic E-state index is 0.872. The van der Waals surface area contributed by atoms with Crippen molar-refractivity contribution in [3.8, 4) is 0 Å². The fourth-order valence-corrected chi connectivity index (χ4v) is 3.51. The molecule has 4 heteroatoms. The molecule has 0 atom stereocenters. The van der Waals surface area contributed by atoms with E-state index >= 15 is 0 Å². The lowest BCUT2D eigenvalue weighted by molar-refractivity contribution is 0.835. The van der Waals surface area contributed by atoms with E-state index in [1.807, 2.05) is 6.33 Å². The van der Waals surface area contributed by atoms with Crippen LogP contribution in [0.4, 0.5) is 0 Å². The van der Waals surface area contributed by atoms with E-state index in [2.05, 4.69) is 62.9 Å². The standard InChI is InChI=1S/C14H13BrN2S/c1-9-5-12-13(6-10(9)2)17(8-16-12)7-14-11(15)3-4-18-14/h3-6,8H,7H2,1-2H3. The quantitative estimate of drug-likeness (QED) is 0.678. The Labute approximate surface area is 118 Å². The number of fused-ring (bicyclic) bond motifs is 1. The normalized spacial score (nSPS) is 11.3. The van der Waals surface area contributed by atoms with Gasteiger partial charge in [0.05, 0.1) is 23.9 Å². The van der Waals surface area contributed by atoms with Gasteiger partial charge in [-0.25, -0.2) is 4.98 Å². The van der Waals surface area contributed by atoms with Gasteiger partial charge < -0.3 is 4.57 Å². The number of benzene rings is 1. The zero-order valence-corrected chi connectivity index (χ0v) is 12.7. The Kier molecular flexibility index (Phi) is 2.99. The van der Waals surface area contributed by atoms with E-state index in [0.29, 0.717) is 0 Å². The monoisotopic (exact) mass is 320 g/mol. The Hall–Kier alpha value is -1.13. The van der Waals surface area contributed by atoms with Crippen LogP contribution in [0.15, 0.2) is 34.4 Å². The third-order valence-electron chi connectivity index (χ3n) is 3.24. The van der Waals surface area contributed by atoms with Crippen molar-refractivity contribution >= 4 is 38.3 Å². The molecular formula is C14H13BrN2S. The Morgan fingerprint density at radius 1 is 1.28 bits per heavy atom. The number of aryl methyl sites for hydroxylation is 2. The molecule has 1 aromatic carbocycles. The number of aromatic nitrogens is 2. The van der Waals surface area contributed by atoms with Crippen LogP contribution < -0.4 is 0 Å². The summed E-state index contributed by atoms with van der Waals surface area (Å²) in [4.78, 5) is 5.81. The summed E-state index contributed by atoms with van der Waals surface area (Å²) in [6.45, 7) is 5.15. The lowest BCUT2D eigenvalue weighted by Gasteiger charge is -2.05. The van der Waals surface area contributed by atoms with E-state index < -0.39 is 0 Å². The van der Waals surface area contributed by atoms with Crippen LogP contribution >= 0.6 is 27.3 Å². The molecule has 0 saturated heterocycles. The second-order valence-electron chi connectivity index (χ2n) is 4.49. The summed E-state index contributed by atoms with van der Waals surface area (Å²) in [6, 6.07) is 6.47. The molecule has 3 aromatic rings. The van der Waals surface area contributed by atoms with E-state index in [-0.39, 0.29) is 0 Å². The highest BCUT2D eigenvalue weighted by atomic mass is 79.9. The minimum Gasteiger partial charge on any atom is -0.325 e. The number of rotatable bonds is 2. The van der Waals surface area contributed by atoms with Crippen molar-refractivity contribution in [3.05, 3.63) is 50.4 Å². The molecule has 0 saturated carbocycles. The molecule has 0 aliphatic carbocycles. The molecule has 0 bridgehead atoms. The lowest BCUT2D eigenvalue weighted by Crippen LogP contribution is -1.96. The van der Waals surface area contributed by atoms with E-state index in [9.17, 15) is 0 Å². The highest BCUT2D eigenvalue weighted by molar-refractivity contribution is 9.10. The molecule has 0 aliphatic rings. The van der Waals surface area contributed by atoms with Gasteiger partial charge in [0, 0.05) is 9.35 Å². The van der Waals surface area contributed by atoms with Gasteiger partial charge in [0.15, 0.2) is 0 Å². The van der Waals surface area contributed by atoms with Crippen molar-refractivity contribution in [2.24, 2.45) is 0 Å². The maximum Gasteiger partial charge on any atom is 0.0961 e. The van der Waals surface area contributed by atoms with Gasteiger partial charge in [0.25, 0.3) is 0 Å². The number of nitrogens with zero attached hydrogens (tertiary/aromatic N) is 2. The molecule has 0 aliphatic heterocycles. The molecule has 0 unspecified atom stereocenters. The van der Waals surface area contributed by atoms with Crippen molar-refractivity contribution in [1.29, 1.82) is 0 Å². The Balaban J connectivity index is 2.08. The van der Waals surface area contributed by atoms with Crippen LogP contribution in [0.2, 0.25) is 0 Å². The molecule has 2 aromatic heterocycles. The second-order valence-corrected chi connectivity index (χ2v) is 6.34. The third-order valence-corrected chi connectivity index (χ3v) is 5.15. The third kappa shape index (κ3) is 1.99. The van der Waals surface area contributed by atoms with Crippen molar-refractivity contribution in [2.45, 2.75) is 20.4 Å². The van der Waals surface area contributed by atoms with Gasteiger partial charge in [0.1, 0.15) is 0 Å². The lowest BCUT2D eigenvalue weighted by atomic mass is 10.1. The predicted molar refractivity (Wildman–Crippen MR) is 80.3 cm³/mol. The molecule has 0 amide bonds. The van der Waals surface area contributed by atoms with Crippen molar-refractivity contribution < 1.29 is 0 Å². The Morgan fingerprint density at radius 3 is 2.78 bits per heavy atom. The summed E-state index contributed by atoms with van der Waals surface area (Å²) in [5, 5.41) is 2.11. The first-order valence-corrected chi connectivity index (χ1v) is 7.46. The fraction of sp³-hybridized carbons (Fsp3) is 0.214. The van der Waals surface area contributed by atoms with Crippen molar-refractivity contribution in [3.63, 3.8) is 0 Å². The van der Waals surface area contributed by atoms with Gasteiger partial charge in [-0.2, -0.15) is 0 Å². The molecule has 2 heterocycles. The largest absolute Gasteiger partial charge is 0.325 e. The van der Waals surface area contributed by atoms with E-state index in [1.165, 1.54) is 26.0 Å². The highest BCUT2D eigenvalue weighted by Gasteiger charge is 2.07. The molecule has 2 nitrogen and oxygen atoms in total. The first kappa shape index (κ1) is 11.9. The molecule has 3 rings (SSSR count). The summed E-state index contributed by atoms with van der Waals surface area (Å²) in [6.07, 6.45) is 1.93. The molecule has 92 valence electrons. The maximum absolute atomic E-state index is 4.48. The van der Waals surface area contributed by atoms with Gasteiger partial charge in [-0.05, 0) is 64.5 Å². The smallest absolute Gasteiger partial charge is 0.0961 e. The van der Waals surface area contributed by atoms with Crippen LogP contribution in [0.3, 0.4) is 0 Å². The molecule has 0 radical (unpaired) electrons. The van der Waals surface area contributed by atoms with Crippen LogP contribution in [0.25, 0.3) is 11.0 Å². The van der Waals surface area contributed by atoms with Crippen LogP contribution in [-0.2, 0) is 6.54 Å². The number of imidazole rings is 1. The number of halogens is 1. The zero-order chi connectivity index (χ0) is 12.7. The summed E-state index contributed by atoms with van der Waals surface area (Å²) >= 11 is 5.35. The predicted octanol–water partition coefficient (Wildman–Crippen LogP) is 4.53. The SMILES string of the molecule is Cc1cc2ncn(Cc3sccc3Br)c2cc1C. The fourth-order valence-electron chi connectivity index (χ4n) is 2.03. The van der Waals surface area contributed by atoms with E-state index in [1.54, 1.807) is 11.3 Å². The van der Waals surface area contributed by atoms with Crippen LogP contribution in [0.1, 0.15) is 16.0 Å². The van der Waals surface area contributed by atoms with Crippen LogP contribution in [0.5, 0.6) is 0 Å². The van der Waals surface area contributed by atoms with Gasteiger partial charge >= 0.3 is 0 Å². The van der Waals surface area contributed by atoms with Gasteiger partial charge in [-0.1, -0.05) is 0 Å². The minimum absolute atomic E-state index is 0.872. The van der Waals surface area contributed by atoms with Crippen molar-refractivity contribution in [2.75, 3.05) is 0 Å². The van der Waals surface area contributed by atoms with Crippen LogP contribution in [-0.4, -0.2) is 9.55 Å². The molecule has 18 heavy (non-hydrogen) atoms. The second kappa shape index (κ2) is 4.52. The molecular weight excluding hydrogens is 308 g/mol. The summed E-state index contributed by atoms with van der Waals surface area (Å²) in [5.41, 5.74) is 4.89. The topological polar surface area (TPSA) is 17.8 Å². The average molecular weight is 321 g/mol. The summed E-state index contributed by atoms with van der Waals surface area (Å²) in [5.74, 6) is 0. The molecule has 0 spiro atoms. The van der Waals surface area contributed by atoms with Gasteiger partial charge in [0.2, 0.25) is 0 Å². The first-order valence-electron chi connectivity index (χ1n) is 5.79. The highest BCUT2D eigenvalue weighted by Crippen LogP contribution is 2.25. The average Bonchev–Trinajstić information content (AvgIpc) is 2.90. The van der Waals surface area contributed by atoms with Gasteiger partial charge in [-0.15, -0.1) is 11.3 Å². The van der Waals surface area contributed by atoms with Gasteiger partial charge in [-0.3, -0.25) is 0 Å². The maximum atomic E-state index is 4.48. The first-order chi connectivity index (χ1) is 8.65. The zero-order valence-electron chi connectivity index (χ0n) is 10.3. The van der Waals surface area contributed by atoms with E-state index in [0.717, 1.165) is 12.1 Å².